The molecule has 3 rings (SSSR count). The summed E-state index contributed by atoms with van der Waals surface area (Å²) in [5.74, 6) is 1.50. The first-order valence-electron chi connectivity index (χ1n) is 5.96. The second kappa shape index (κ2) is 4.99. The molecule has 0 saturated carbocycles. The molecule has 0 unspecified atom stereocenters. The first kappa shape index (κ1) is 12.7. The highest BCUT2D eigenvalue weighted by atomic mass is 79.9. The number of nitrogens with zero attached hydrogens (tertiary/aromatic N) is 2. The van der Waals surface area contributed by atoms with Crippen molar-refractivity contribution >= 4 is 38.6 Å². The van der Waals surface area contributed by atoms with Crippen molar-refractivity contribution in [3.05, 3.63) is 52.5 Å². The third kappa shape index (κ3) is 2.28. The number of alkyl halides is 1. The van der Waals surface area contributed by atoms with E-state index < -0.39 is 0 Å². The van der Waals surface area contributed by atoms with Crippen molar-refractivity contribution in [1.29, 1.82) is 0 Å². The molecule has 4 heteroatoms. The first-order valence-corrected chi connectivity index (χ1v) is 7.29. The van der Waals surface area contributed by atoms with Gasteiger partial charge in [0, 0.05) is 23.0 Å². The molecule has 0 fully saturated rings. The molecule has 3 aromatic rings. The lowest BCUT2D eigenvalue weighted by molar-refractivity contribution is 0.959. The molecular weight excluding hydrogens is 324 g/mol. The van der Waals surface area contributed by atoms with E-state index in [1.165, 1.54) is 0 Å². The van der Waals surface area contributed by atoms with E-state index in [-0.39, 0.29) is 0 Å². The number of aromatic nitrogens is 2. The molecule has 1 heterocycles. The molecular formula is C15H12BrClN2. The van der Waals surface area contributed by atoms with Gasteiger partial charge in [-0.05, 0) is 23.8 Å². The Labute approximate surface area is 125 Å². The lowest BCUT2D eigenvalue weighted by Crippen LogP contribution is -1.92. The Kier molecular flexibility index (Phi) is 3.33. The normalized spacial score (nSPS) is 11.1. The highest BCUT2D eigenvalue weighted by Crippen LogP contribution is 2.26. The summed E-state index contributed by atoms with van der Waals surface area (Å²) in [6.45, 7) is 0. The summed E-state index contributed by atoms with van der Waals surface area (Å²) in [7, 11) is 2.04. The van der Waals surface area contributed by atoms with Crippen LogP contribution >= 0.6 is 27.5 Å². The Bertz CT molecular complexity index is 732. The lowest BCUT2D eigenvalue weighted by Gasteiger charge is -2.03. The summed E-state index contributed by atoms with van der Waals surface area (Å²) in [5.41, 5.74) is 4.34. The summed E-state index contributed by atoms with van der Waals surface area (Å²) < 4.78 is 3.15. The van der Waals surface area contributed by atoms with Gasteiger partial charge in [0.15, 0.2) is 0 Å². The highest BCUT2D eigenvalue weighted by Gasteiger charge is 2.09. The van der Waals surface area contributed by atoms with Crippen LogP contribution in [0, 0.1) is 0 Å². The van der Waals surface area contributed by atoms with E-state index in [0.717, 1.165) is 32.5 Å². The summed E-state index contributed by atoms with van der Waals surface area (Å²) in [4.78, 5) is 4.70. The van der Waals surface area contributed by atoms with Crippen molar-refractivity contribution in [2.24, 2.45) is 7.05 Å². The number of aryl methyl sites for hydroxylation is 1. The Balaban J connectivity index is 2.15. The minimum Gasteiger partial charge on any atom is -0.327 e. The Morgan fingerprint density at radius 3 is 2.58 bits per heavy atom. The summed E-state index contributed by atoms with van der Waals surface area (Å²) in [6, 6.07) is 14.3. The molecule has 2 aromatic carbocycles. The number of hydrogen-bond donors (Lipinski definition) is 0. The van der Waals surface area contributed by atoms with E-state index >= 15 is 0 Å². The SMILES string of the molecule is Cn1c(-c2ccc(CCl)cc2)nc2cc(Br)ccc21. The summed E-state index contributed by atoms with van der Waals surface area (Å²) in [6.07, 6.45) is 0. The van der Waals surface area contributed by atoms with Gasteiger partial charge in [-0.1, -0.05) is 40.2 Å². The van der Waals surface area contributed by atoms with Crippen molar-refractivity contribution in [3.63, 3.8) is 0 Å². The van der Waals surface area contributed by atoms with Gasteiger partial charge in [0.05, 0.1) is 11.0 Å². The monoisotopic (exact) mass is 334 g/mol. The lowest BCUT2D eigenvalue weighted by atomic mass is 10.1. The Hall–Kier alpha value is -1.32. The summed E-state index contributed by atoms with van der Waals surface area (Å²) >= 11 is 9.29. The van der Waals surface area contributed by atoms with Gasteiger partial charge >= 0.3 is 0 Å². The van der Waals surface area contributed by atoms with Gasteiger partial charge in [-0.2, -0.15) is 0 Å². The van der Waals surface area contributed by atoms with Crippen LogP contribution in [-0.4, -0.2) is 9.55 Å². The molecule has 0 aliphatic carbocycles. The average molecular weight is 336 g/mol. The third-order valence-corrected chi connectivity index (χ3v) is 4.01. The van der Waals surface area contributed by atoms with Gasteiger partial charge in [-0.25, -0.2) is 4.98 Å². The van der Waals surface area contributed by atoms with E-state index in [1.807, 2.05) is 31.3 Å². The van der Waals surface area contributed by atoms with Gasteiger partial charge < -0.3 is 4.57 Å². The number of imidazole rings is 1. The smallest absolute Gasteiger partial charge is 0.140 e. The van der Waals surface area contributed by atoms with Gasteiger partial charge in [-0.15, -0.1) is 11.6 Å². The number of benzene rings is 2. The molecule has 0 aliphatic heterocycles. The van der Waals surface area contributed by atoms with Crippen molar-refractivity contribution in [1.82, 2.24) is 9.55 Å². The number of rotatable bonds is 2. The van der Waals surface area contributed by atoms with Crippen molar-refractivity contribution < 1.29 is 0 Å². The molecule has 0 radical (unpaired) electrons. The van der Waals surface area contributed by atoms with Crippen molar-refractivity contribution in [3.8, 4) is 11.4 Å². The minimum atomic E-state index is 0.537. The largest absolute Gasteiger partial charge is 0.327 e. The van der Waals surface area contributed by atoms with Gasteiger partial charge in [-0.3, -0.25) is 0 Å². The van der Waals surface area contributed by atoms with Gasteiger partial charge in [0.1, 0.15) is 5.82 Å². The molecule has 2 nitrogen and oxygen atoms in total. The quantitative estimate of drug-likeness (QED) is 0.618. The van der Waals surface area contributed by atoms with Crippen LogP contribution in [0.4, 0.5) is 0 Å². The van der Waals surface area contributed by atoms with Crippen LogP contribution in [0.2, 0.25) is 0 Å². The maximum Gasteiger partial charge on any atom is 0.140 e. The van der Waals surface area contributed by atoms with E-state index in [2.05, 4.69) is 38.7 Å². The molecule has 1 aromatic heterocycles. The van der Waals surface area contributed by atoms with E-state index in [9.17, 15) is 0 Å². The van der Waals surface area contributed by atoms with Crippen LogP contribution < -0.4 is 0 Å². The first-order chi connectivity index (χ1) is 9.19. The standard InChI is InChI=1S/C15H12BrClN2/c1-19-14-7-6-12(16)8-13(14)18-15(19)11-4-2-10(9-17)3-5-11/h2-8H,9H2,1H3. The zero-order valence-corrected chi connectivity index (χ0v) is 12.7. The number of hydrogen-bond acceptors (Lipinski definition) is 1. The zero-order chi connectivity index (χ0) is 13.4. The topological polar surface area (TPSA) is 17.8 Å². The molecule has 0 N–H and O–H groups in total. The molecule has 0 saturated heterocycles. The van der Waals surface area contributed by atoms with Crippen molar-refractivity contribution in [2.45, 2.75) is 5.88 Å². The van der Waals surface area contributed by atoms with Crippen molar-refractivity contribution in [2.75, 3.05) is 0 Å². The second-order valence-corrected chi connectivity index (χ2v) is 5.64. The van der Waals surface area contributed by atoms with E-state index in [4.69, 9.17) is 16.6 Å². The summed E-state index contributed by atoms with van der Waals surface area (Å²) in [5, 5.41) is 0. The van der Waals surface area contributed by atoms with Gasteiger partial charge in [0.25, 0.3) is 0 Å². The minimum absolute atomic E-state index is 0.537. The predicted molar refractivity (Wildman–Crippen MR) is 83.4 cm³/mol. The van der Waals surface area contributed by atoms with E-state index in [1.54, 1.807) is 0 Å². The highest BCUT2D eigenvalue weighted by molar-refractivity contribution is 9.10. The zero-order valence-electron chi connectivity index (χ0n) is 10.4. The average Bonchev–Trinajstić information content (AvgIpc) is 2.75. The van der Waals surface area contributed by atoms with Crippen LogP contribution in [0.3, 0.4) is 0 Å². The Morgan fingerprint density at radius 2 is 1.89 bits per heavy atom. The second-order valence-electron chi connectivity index (χ2n) is 4.46. The van der Waals surface area contributed by atoms with E-state index in [0.29, 0.717) is 5.88 Å². The maximum absolute atomic E-state index is 5.81. The number of halogens is 2. The van der Waals surface area contributed by atoms with Gasteiger partial charge in [0.2, 0.25) is 0 Å². The molecule has 96 valence electrons. The molecule has 0 atom stereocenters. The van der Waals surface area contributed by atoms with Crippen LogP contribution in [0.15, 0.2) is 46.9 Å². The van der Waals surface area contributed by atoms with Crippen LogP contribution in [0.1, 0.15) is 5.56 Å². The molecule has 0 bridgehead atoms. The predicted octanol–water partition coefficient (Wildman–Crippen LogP) is 4.74. The third-order valence-electron chi connectivity index (χ3n) is 3.21. The molecule has 0 amide bonds. The fraction of sp³-hybridized carbons (Fsp3) is 0.133. The van der Waals surface area contributed by atoms with Crippen LogP contribution in [-0.2, 0) is 12.9 Å². The molecule has 19 heavy (non-hydrogen) atoms. The molecule has 0 aliphatic rings. The number of fused-ring (bicyclic) bond motifs is 1. The fourth-order valence-corrected chi connectivity index (χ4v) is 2.70. The maximum atomic E-state index is 5.81. The molecule has 0 spiro atoms. The fourth-order valence-electron chi connectivity index (χ4n) is 2.17. The Morgan fingerprint density at radius 1 is 1.16 bits per heavy atom. The van der Waals surface area contributed by atoms with Crippen LogP contribution in [0.5, 0.6) is 0 Å². The van der Waals surface area contributed by atoms with Crippen LogP contribution in [0.25, 0.3) is 22.4 Å².